The number of rotatable bonds is 4. The number of pyridine rings is 1. The van der Waals surface area contributed by atoms with Crippen LogP contribution < -0.4 is 4.74 Å². The second kappa shape index (κ2) is 8.22. The van der Waals surface area contributed by atoms with Crippen molar-refractivity contribution in [3.05, 3.63) is 78.2 Å². The molecular formula is C25H24N4O2. The van der Waals surface area contributed by atoms with E-state index >= 15 is 0 Å². The van der Waals surface area contributed by atoms with E-state index < -0.39 is 0 Å². The van der Waals surface area contributed by atoms with Crippen molar-refractivity contribution < 1.29 is 9.53 Å². The molecule has 0 aliphatic carbocycles. The monoisotopic (exact) mass is 412 g/mol. The zero-order valence-corrected chi connectivity index (χ0v) is 17.4. The number of imidazole rings is 1. The van der Waals surface area contributed by atoms with E-state index in [9.17, 15) is 4.79 Å². The highest BCUT2D eigenvalue weighted by Gasteiger charge is 2.26. The molecule has 0 spiro atoms. The summed E-state index contributed by atoms with van der Waals surface area (Å²) in [5, 5.41) is 0. The van der Waals surface area contributed by atoms with Crippen LogP contribution in [0.4, 0.5) is 0 Å². The first kappa shape index (κ1) is 19.3. The van der Waals surface area contributed by atoms with Gasteiger partial charge in [0.25, 0.3) is 5.91 Å². The van der Waals surface area contributed by atoms with Crippen molar-refractivity contribution in [2.75, 3.05) is 20.2 Å². The number of aromatic nitrogens is 3. The summed E-state index contributed by atoms with van der Waals surface area (Å²) in [7, 11) is 1.64. The second-order valence-corrected chi connectivity index (χ2v) is 7.87. The summed E-state index contributed by atoms with van der Waals surface area (Å²) in [5.74, 6) is 2.20. The Morgan fingerprint density at radius 1 is 1.06 bits per heavy atom. The molecule has 156 valence electrons. The van der Waals surface area contributed by atoms with Gasteiger partial charge in [-0.05, 0) is 49.2 Å². The van der Waals surface area contributed by atoms with E-state index in [4.69, 9.17) is 9.72 Å². The lowest BCUT2D eigenvalue weighted by molar-refractivity contribution is 0.0711. The molecule has 1 fully saturated rings. The number of aromatic amines is 1. The Bertz CT molecular complexity index is 1170. The Morgan fingerprint density at radius 2 is 1.90 bits per heavy atom. The van der Waals surface area contributed by atoms with Gasteiger partial charge < -0.3 is 14.6 Å². The summed E-state index contributed by atoms with van der Waals surface area (Å²) in [4.78, 5) is 27.6. The van der Waals surface area contributed by atoms with Gasteiger partial charge in [-0.3, -0.25) is 9.78 Å². The Balaban J connectivity index is 1.24. The number of fused-ring (bicyclic) bond motifs is 1. The number of amides is 1. The van der Waals surface area contributed by atoms with Gasteiger partial charge in [-0.25, -0.2) is 4.98 Å². The van der Waals surface area contributed by atoms with Crippen LogP contribution in [0.1, 0.15) is 34.9 Å². The van der Waals surface area contributed by atoms with Crippen LogP contribution in [-0.2, 0) is 0 Å². The molecule has 5 rings (SSSR count). The molecule has 1 N–H and O–H groups in total. The van der Waals surface area contributed by atoms with E-state index in [1.54, 1.807) is 13.3 Å². The summed E-state index contributed by atoms with van der Waals surface area (Å²) in [6, 6.07) is 19.6. The van der Waals surface area contributed by atoms with Crippen LogP contribution in [0.15, 0.2) is 66.9 Å². The molecule has 0 saturated carbocycles. The van der Waals surface area contributed by atoms with Crippen LogP contribution in [0, 0.1) is 0 Å². The van der Waals surface area contributed by atoms with E-state index in [1.165, 1.54) is 0 Å². The number of nitrogens with zero attached hydrogens (tertiary/aromatic N) is 3. The van der Waals surface area contributed by atoms with Crippen molar-refractivity contribution in [3.8, 4) is 17.0 Å². The SMILES string of the molecule is COc1cccc(-c2ccc(C(=O)N3CCC(c4nc5ccccc5[nH]4)CC3)cn2)c1. The number of likely N-dealkylation sites (tertiary alicyclic amines) is 1. The third kappa shape index (κ3) is 3.89. The molecule has 0 atom stereocenters. The van der Waals surface area contributed by atoms with Crippen LogP contribution >= 0.6 is 0 Å². The Hall–Kier alpha value is -3.67. The minimum atomic E-state index is 0.0350. The molecule has 0 unspecified atom stereocenters. The summed E-state index contributed by atoms with van der Waals surface area (Å²) < 4.78 is 5.28. The molecule has 1 amide bonds. The average molecular weight is 412 g/mol. The molecule has 0 bridgehead atoms. The summed E-state index contributed by atoms with van der Waals surface area (Å²) in [6.07, 6.45) is 3.48. The van der Waals surface area contributed by atoms with Gasteiger partial charge in [0.1, 0.15) is 11.6 Å². The number of ether oxygens (including phenoxy) is 1. The van der Waals surface area contributed by atoms with Crippen LogP contribution in [0.25, 0.3) is 22.3 Å². The smallest absolute Gasteiger partial charge is 0.255 e. The minimum absolute atomic E-state index is 0.0350. The molecule has 2 aromatic heterocycles. The molecule has 1 aliphatic rings. The van der Waals surface area contributed by atoms with Crippen LogP contribution in [0.5, 0.6) is 5.75 Å². The van der Waals surface area contributed by atoms with Crippen LogP contribution in [-0.4, -0.2) is 46.0 Å². The molecule has 1 aliphatic heterocycles. The Kier molecular flexibility index (Phi) is 5.12. The number of carbonyl (C=O) groups is 1. The highest BCUT2D eigenvalue weighted by atomic mass is 16.5. The normalized spacial score (nSPS) is 14.7. The fourth-order valence-corrected chi connectivity index (χ4v) is 4.18. The second-order valence-electron chi connectivity index (χ2n) is 7.87. The number of hydrogen-bond acceptors (Lipinski definition) is 4. The van der Waals surface area contributed by atoms with Gasteiger partial charge in [-0.15, -0.1) is 0 Å². The summed E-state index contributed by atoms with van der Waals surface area (Å²) >= 11 is 0. The molecule has 0 radical (unpaired) electrons. The molecular weight excluding hydrogens is 388 g/mol. The lowest BCUT2D eigenvalue weighted by atomic mass is 9.95. The van der Waals surface area contributed by atoms with Gasteiger partial charge in [0.15, 0.2) is 0 Å². The number of benzene rings is 2. The average Bonchev–Trinajstić information content (AvgIpc) is 3.28. The maximum absolute atomic E-state index is 13.0. The largest absolute Gasteiger partial charge is 0.497 e. The Labute approximate surface area is 180 Å². The third-order valence-electron chi connectivity index (χ3n) is 5.95. The molecule has 2 aromatic carbocycles. The highest BCUT2D eigenvalue weighted by Crippen LogP contribution is 2.29. The number of nitrogens with one attached hydrogen (secondary N) is 1. The van der Waals surface area contributed by atoms with Gasteiger partial charge in [0.05, 0.1) is 29.4 Å². The molecule has 6 heteroatoms. The Morgan fingerprint density at radius 3 is 2.65 bits per heavy atom. The predicted molar refractivity (Wildman–Crippen MR) is 120 cm³/mol. The first-order valence-corrected chi connectivity index (χ1v) is 10.6. The van der Waals surface area contributed by atoms with E-state index in [-0.39, 0.29) is 5.91 Å². The molecule has 4 aromatic rings. The molecule has 6 nitrogen and oxygen atoms in total. The lowest BCUT2D eigenvalue weighted by Crippen LogP contribution is -2.38. The van der Waals surface area contributed by atoms with Gasteiger partial charge >= 0.3 is 0 Å². The first-order valence-electron chi connectivity index (χ1n) is 10.6. The zero-order valence-electron chi connectivity index (χ0n) is 17.4. The highest BCUT2D eigenvalue weighted by molar-refractivity contribution is 5.94. The van der Waals surface area contributed by atoms with Crippen LogP contribution in [0.3, 0.4) is 0 Å². The van der Waals surface area contributed by atoms with Gasteiger partial charge in [-0.2, -0.15) is 0 Å². The van der Waals surface area contributed by atoms with E-state index in [0.717, 1.165) is 59.8 Å². The fraction of sp³-hybridized carbons (Fsp3) is 0.240. The summed E-state index contributed by atoms with van der Waals surface area (Å²) in [6.45, 7) is 1.44. The fourth-order valence-electron chi connectivity index (χ4n) is 4.18. The number of piperidine rings is 1. The number of H-pyrrole nitrogens is 1. The van der Waals surface area contributed by atoms with E-state index in [2.05, 4.69) is 9.97 Å². The van der Waals surface area contributed by atoms with E-state index in [1.807, 2.05) is 65.6 Å². The first-order chi connectivity index (χ1) is 15.2. The van der Waals surface area contributed by atoms with Crippen LogP contribution in [0.2, 0.25) is 0 Å². The maximum Gasteiger partial charge on any atom is 0.255 e. The number of carbonyl (C=O) groups excluding carboxylic acids is 1. The molecule has 3 heterocycles. The number of methoxy groups -OCH3 is 1. The summed E-state index contributed by atoms with van der Waals surface area (Å²) in [5.41, 5.74) is 4.47. The van der Waals surface area contributed by atoms with Crippen molar-refractivity contribution in [2.45, 2.75) is 18.8 Å². The predicted octanol–water partition coefficient (Wildman–Crippen LogP) is 4.65. The zero-order chi connectivity index (χ0) is 21.2. The van der Waals surface area contributed by atoms with Crippen molar-refractivity contribution in [1.29, 1.82) is 0 Å². The van der Waals surface area contributed by atoms with Gasteiger partial charge in [0, 0.05) is 30.8 Å². The molecule has 31 heavy (non-hydrogen) atoms. The van der Waals surface area contributed by atoms with Crippen molar-refractivity contribution >= 4 is 16.9 Å². The topological polar surface area (TPSA) is 71.1 Å². The van der Waals surface area contributed by atoms with Crippen molar-refractivity contribution in [2.24, 2.45) is 0 Å². The van der Waals surface area contributed by atoms with E-state index in [0.29, 0.717) is 11.5 Å². The third-order valence-corrected chi connectivity index (χ3v) is 5.95. The number of hydrogen-bond donors (Lipinski definition) is 1. The van der Waals surface area contributed by atoms with Gasteiger partial charge in [0.2, 0.25) is 0 Å². The minimum Gasteiger partial charge on any atom is -0.497 e. The number of para-hydroxylation sites is 2. The van der Waals surface area contributed by atoms with Crippen molar-refractivity contribution in [1.82, 2.24) is 19.9 Å². The van der Waals surface area contributed by atoms with Crippen molar-refractivity contribution in [3.63, 3.8) is 0 Å². The molecule has 1 saturated heterocycles. The standard InChI is InChI=1S/C25H24N4O2/c1-31-20-6-4-5-18(15-20)21-10-9-19(16-26-21)25(30)29-13-11-17(12-14-29)24-27-22-7-2-3-8-23(22)28-24/h2-10,15-17H,11-14H2,1H3,(H,27,28). The maximum atomic E-state index is 13.0. The lowest BCUT2D eigenvalue weighted by Gasteiger charge is -2.31. The van der Waals surface area contributed by atoms with Gasteiger partial charge in [-0.1, -0.05) is 24.3 Å². The quantitative estimate of drug-likeness (QED) is 0.529.